The van der Waals surface area contributed by atoms with Crippen LogP contribution in [0.3, 0.4) is 0 Å². The number of carbonyl (C=O) groups excluding carboxylic acids is 2. The Kier molecular flexibility index (Phi) is 6.47. The van der Waals surface area contributed by atoms with Gasteiger partial charge in [0.15, 0.2) is 17.6 Å². The summed E-state index contributed by atoms with van der Waals surface area (Å²) in [6, 6.07) is 21.6. The zero-order valence-electron chi connectivity index (χ0n) is 19.4. The topological polar surface area (TPSA) is 68.3 Å². The fourth-order valence-electron chi connectivity index (χ4n) is 4.64. The minimum Gasteiger partial charge on any atom is -0.490 e. The lowest BCUT2D eigenvalue weighted by atomic mass is 9.91. The quantitative estimate of drug-likeness (QED) is 0.442. The minimum absolute atomic E-state index is 0.306. The van der Waals surface area contributed by atoms with Crippen LogP contribution in [-0.4, -0.2) is 36.6 Å². The first-order chi connectivity index (χ1) is 17.0. The molecule has 0 aromatic heterocycles. The van der Waals surface area contributed by atoms with E-state index in [1.54, 1.807) is 36.4 Å². The maximum Gasteiger partial charge on any atom is 0.265 e. The standard InChI is InChI=1S/C27H25ClN2O5/c1-3-33-22-15-18(9-14-21(22)34-16-17-7-5-4-6-8-17)24-23-25(35-29(24)2)27(32)30(26(23)31)20-12-10-19(28)11-13-20/h4-15,23-25H,3,16H2,1-2H3. The largest absolute Gasteiger partial charge is 0.490 e. The highest BCUT2D eigenvalue weighted by molar-refractivity contribution is 6.31. The Balaban J connectivity index is 1.42. The van der Waals surface area contributed by atoms with Crippen LogP contribution in [0.4, 0.5) is 5.69 Å². The van der Waals surface area contributed by atoms with E-state index in [0.29, 0.717) is 35.4 Å². The van der Waals surface area contributed by atoms with Crippen molar-refractivity contribution in [2.24, 2.45) is 5.92 Å². The summed E-state index contributed by atoms with van der Waals surface area (Å²) in [5, 5.41) is 2.11. The first kappa shape index (κ1) is 23.4. The summed E-state index contributed by atoms with van der Waals surface area (Å²) in [6.07, 6.45) is -0.891. The predicted octanol–water partition coefficient (Wildman–Crippen LogP) is 4.79. The van der Waals surface area contributed by atoms with E-state index in [9.17, 15) is 9.59 Å². The van der Waals surface area contributed by atoms with Crippen LogP contribution in [0, 0.1) is 5.92 Å². The molecule has 2 heterocycles. The van der Waals surface area contributed by atoms with E-state index in [4.69, 9.17) is 25.9 Å². The van der Waals surface area contributed by atoms with Gasteiger partial charge in [-0.3, -0.25) is 14.4 Å². The third-order valence-corrected chi connectivity index (χ3v) is 6.49. The Morgan fingerprint density at radius 3 is 2.37 bits per heavy atom. The Labute approximate surface area is 208 Å². The molecule has 2 amide bonds. The number of nitrogens with zero attached hydrogens (tertiary/aromatic N) is 2. The SMILES string of the molecule is CCOc1cc(C2C3C(=O)N(c4ccc(Cl)cc4)C(=O)C3ON2C)ccc1OCc1ccccc1. The Bertz CT molecular complexity index is 1230. The van der Waals surface area contributed by atoms with Gasteiger partial charge in [0.25, 0.3) is 5.91 Å². The summed E-state index contributed by atoms with van der Waals surface area (Å²) in [5.74, 6) is -0.199. The zero-order valence-corrected chi connectivity index (χ0v) is 20.1. The molecule has 35 heavy (non-hydrogen) atoms. The predicted molar refractivity (Wildman–Crippen MR) is 131 cm³/mol. The van der Waals surface area contributed by atoms with Gasteiger partial charge in [-0.25, -0.2) is 4.90 Å². The number of imide groups is 1. The lowest BCUT2D eigenvalue weighted by molar-refractivity contribution is -0.160. The van der Waals surface area contributed by atoms with Crippen LogP contribution in [0.25, 0.3) is 0 Å². The first-order valence-electron chi connectivity index (χ1n) is 11.4. The molecule has 2 aliphatic rings. The van der Waals surface area contributed by atoms with Crippen LogP contribution < -0.4 is 14.4 Å². The molecule has 0 saturated carbocycles. The molecule has 7 nitrogen and oxygen atoms in total. The minimum atomic E-state index is -0.891. The third-order valence-electron chi connectivity index (χ3n) is 6.24. The van der Waals surface area contributed by atoms with Crippen molar-refractivity contribution in [1.82, 2.24) is 5.06 Å². The van der Waals surface area contributed by atoms with Gasteiger partial charge in [0.2, 0.25) is 5.91 Å². The first-order valence-corrected chi connectivity index (χ1v) is 11.8. The van der Waals surface area contributed by atoms with Gasteiger partial charge in [-0.2, -0.15) is 5.06 Å². The van der Waals surface area contributed by atoms with Crippen LogP contribution in [0.5, 0.6) is 11.5 Å². The fraction of sp³-hybridized carbons (Fsp3) is 0.259. The average molecular weight is 493 g/mol. The van der Waals surface area contributed by atoms with Crippen molar-refractivity contribution in [2.75, 3.05) is 18.6 Å². The van der Waals surface area contributed by atoms with Crippen LogP contribution in [-0.2, 0) is 21.0 Å². The number of anilines is 1. The van der Waals surface area contributed by atoms with Crippen LogP contribution in [0.15, 0.2) is 72.8 Å². The summed E-state index contributed by atoms with van der Waals surface area (Å²) >= 11 is 5.98. The maximum absolute atomic E-state index is 13.5. The number of halogens is 1. The van der Waals surface area contributed by atoms with E-state index in [-0.39, 0.29) is 11.8 Å². The van der Waals surface area contributed by atoms with Gasteiger partial charge in [0, 0.05) is 12.1 Å². The van der Waals surface area contributed by atoms with Crippen molar-refractivity contribution in [1.29, 1.82) is 0 Å². The summed E-state index contributed by atoms with van der Waals surface area (Å²) < 4.78 is 11.9. The maximum atomic E-state index is 13.5. The van der Waals surface area contributed by atoms with Crippen molar-refractivity contribution in [3.8, 4) is 11.5 Å². The molecule has 2 aliphatic heterocycles. The Morgan fingerprint density at radius 1 is 0.914 bits per heavy atom. The van der Waals surface area contributed by atoms with Crippen molar-refractivity contribution < 1.29 is 23.9 Å². The highest BCUT2D eigenvalue weighted by Crippen LogP contribution is 2.46. The molecule has 3 aromatic carbocycles. The fourth-order valence-corrected chi connectivity index (χ4v) is 4.77. The van der Waals surface area contributed by atoms with Gasteiger partial charge in [-0.1, -0.05) is 48.0 Å². The molecule has 180 valence electrons. The van der Waals surface area contributed by atoms with E-state index in [1.165, 1.54) is 4.90 Å². The molecule has 0 aliphatic carbocycles. The van der Waals surface area contributed by atoms with Gasteiger partial charge >= 0.3 is 0 Å². The smallest absolute Gasteiger partial charge is 0.265 e. The number of ether oxygens (including phenoxy) is 2. The van der Waals surface area contributed by atoms with Gasteiger partial charge in [-0.15, -0.1) is 0 Å². The van der Waals surface area contributed by atoms with Gasteiger partial charge < -0.3 is 9.47 Å². The summed E-state index contributed by atoms with van der Waals surface area (Å²) in [4.78, 5) is 33.6. The highest BCUT2D eigenvalue weighted by Gasteiger charge is 2.59. The molecule has 3 atom stereocenters. The number of carbonyl (C=O) groups is 2. The molecule has 0 radical (unpaired) electrons. The zero-order chi connectivity index (χ0) is 24.5. The molecule has 3 unspecified atom stereocenters. The molecule has 2 saturated heterocycles. The van der Waals surface area contributed by atoms with Gasteiger partial charge in [0.1, 0.15) is 6.61 Å². The summed E-state index contributed by atoms with van der Waals surface area (Å²) in [5.41, 5.74) is 2.32. The number of rotatable bonds is 7. The van der Waals surface area contributed by atoms with Gasteiger partial charge in [0.05, 0.1) is 24.3 Å². The molecular weight excluding hydrogens is 468 g/mol. The lowest BCUT2D eigenvalue weighted by Gasteiger charge is -2.25. The molecule has 5 rings (SSSR count). The van der Waals surface area contributed by atoms with Crippen LogP contribution in [0.2, 0.25) is 5.02 Å². The number of fused-ring (bicyclic) bond motifs is 1. The monoisotopic (exact) mass is 492 g/mol. The molecule has 0 bridgehead atoms. The number of hydroxylamine groups is 2. The second kappa shape index (κ2) is 9.70. The van der Waals surface area contributed by atoms with Crippen molar-refractivity contribution in [2.45, 2.75) is 25.7 Å². The van der Waals surface area contributed by atoms with E-state index in [2.05, 4.69) is 0 Å². The van der Waals surface area contributed by atoms with E-state index in [0.717, 1.165) is 11.1 Å². The number of hydrogen-bond donors (Lipinski definition) is 0. The molecule has 8 heteroatoms. The van der Waals surface area contributed by atoms with E-state index >= 15 is 0 Å². The third kappa shape index (κ3) is 4.38. The summed E-state index contributed by atoms with van der Waals surface area (Å²) in [7, 11) is 1.73. The van der Waals surface area contributed by atoms with Crippen molar-refractivity contribution >= 4 is 29.1 Å². The normalized spacial score (nSPS) is 21.9. The second-order valence-corrected chi connectivity index (χ2v) is 8.88. The second-order valence-electron chi connectivity index (χ2n) is 8.44. The number of benzene rings is 3. The van der Waals surface area contributed by atoms with Crippen LogP contribution >= 0.6 is 11.6 Å². The van der Waals surface area contributed by atoms with Crippen molar-refractivity contribution in [3.05, 3.63) is 88.9 Å². The molecule has 2 fully saturated rings. The van der Waals surface area contributed by atoms with E-state index < -0.39 is 18.1 Å². The summed E-state index contributed by atoms with van der Waals surface area (Å²) in [6.45, 7) is 2.76. The molecule has 0 N–H and O–H groups in total. The Hall–Kier alpha value is -3.39. The molecule has 0 spiro atoms. The van der Waals surface area contributed by atoms with Crippen LogP contribution in [0.1, 0.15) is 24.1 Å². The molecular formula is C27H25ClN2O5. The Morgan fingerprint density at radius 2 is 1.66 bits per heavy atom. The van der Waals surface area contributed by atoms with E-state index in [1.807, 2.05) is 55.5 Å². The van der Waals surface area contributed by atoms with Crippen molar-refractivity contribution in [3.63, 3.8) is 0 Å². The molecule has 3 aromatic rings. The number of hydrogen-bond acceptors (Lipinski definition) is 6. The highest BCUT2D eigenvalue weighted by atomic mass is 35.5. The average Bonchev–Trinajstić information content (AvgIpc) is 3.33. The lowest BCUT2D eigenvalue weighted by Crippen LogP contribution is -2.36. The number of amides is 2. The van der Waals surface area contributed by atoms with Gasteiger partial charge in [-0.05, 0) is 54.4 Å².